The molecular weight excluding hydrogens is 415 g/mol. The van der Waals surface area contributed by atoms with Crippen molar-refractivity contribution in [1.29, 1.82) is 0 Å². The molecule has 2 aliphatic rings. The van der Waals surface area contributed by atoms with E-state index in [0.717, 1.165) is 12.3 Å². The van der Waals surface area contributed by atoms with Crippen LogP contribution in [0.15, 0.2) is 24.4 Å². The molecule has 3 heterocycles. The number of carbonyl (C=O) groups is 2. The Balaban J connectivity index is 1.49. The third-order valence-corrected chi connectivity index (χ3v) is 5.85. The number of anilines is 2. The lowest BCUT2D eigenvalue weighted by atomic mass is 9.79. The highest BCUT2D eigenvalue weighted by Gasteiger charge is 2.43. The number of carboxylic acid groups (broad SMARTS) is 1. The Bertz CT molecular complexity index is 1040. The van der Waals surface area contributed by atoms with Crippen LogP contribution in [0.25, 0.3) is 0 Å². The maximum Gasteiger partial charge on any atom is 0.313 e. The predicted molar refractivity (Wildman–Crippen MR) is 105 cm³/mol. The topological polar surface area (TPSA) is 91.8 Å². The van der Waals surface area contributed by atoms with Crippen molar-refractivity contribution in [3.63, 3.8) is 0 Å². The second kappa shape index (κ2) is 8.09. The lowest BCUT2D eigenvalue weighted by Gasteiger charge is -2.39. The highest BCUT2D eigenvalue weighted by Crippen LogP contribution is 2.38. The van der Waals surface area contributed by atoms with E-state index in [1.165, 1.54) is 12.1 Å². The summed E-state index contributed by atoms with van der Waals surface area (Å²) in [5.74, 6) is -3.21. The van der Waals surface area contributed by atoms with Crippen LogP contribution >= 0.6 is 0 Å². The van der Waals surface area contributed by atoms with E-state index in [0.29, 0.717) is 11.3 Å². The van der Waals surface area contributed by atoms with Gasteiger partial charge in [-0.2, -0.15) is 0 Å². The Kier molecular flexibility index (Phi) is 5.47. The average molecular weight is 435 g/mol. The van der Waals surface area contributed by atoms with Crippen LogP contribution in [0.1, 0.15) is 24.8 Å². The van der Waals surface area contributed by atoms with Gasteiger partial charge in [-0.3, -0.25) is 9.59 Å². The summed E-state index contributed by atoms with van der Waals surface area (Å²) >= 11 is 0. The van der Waals surface area contributed by atoms with E-state index in [1.54, 1.807) is 4.90 Å². The molecule has 4 rings (SSSR count). The minimum absolute atomic E-state index is 0.0235. The molecule has 2 aromatic rings. The first-order chi connectivity index (χ1) is 14.8. The van der Waals surface area contributed by atoms with Gasteiger partial charge in [0, 0.05) is 31.1 Å². The lowest BCUT2D eigenvalue weighted by molar-refractivity contribution is -0.152. The van der Waals surface area contributed by atoms with Crippen LogP contribution in [0, 0.1) is 22.9 Å². The largest absolute Gasteiger partial charge is 0.492 e. The number of halogens is 3. The normalized spacial score (nSPS) is 17.6. The fourth-order valence-corrected chi connectivity index (χ4v) is 3.98. The van der Waals surface area contributed by atoms with Gasteiger partial charge in [-0.1, -0.05) is 0 Å². The molecule has 31 heavy (non-hydrogen) atoms. The van der Waals surface area contributed by atoms with E-state index in [4.69, 9.17) is 4.74 Å². The van der Waals surface area contributed by atoms with Crippen molar-refractivity contribution in [2.24, 2.45) is 5.41 Å². The monoisotopic (exact) mass is 435 g/mol. The highest BCUT2D eigenvalue weighted by molar-refractivity contribution is 5.94. The van der Waals surface area contributed by atoms with E-state index in [2.05, 4.69) is 10.3 Å². The SMILES string of the molecule is O=C1CCc2c(OCC3(C(=O)O)CCN(c4ncc(F)cc4F)CC3)ccc(F)c2N1. The van der Waals surface area contributed by atoms with E-state index < -0.39 is 28.8 Å². The number of nitrogens with zero attached hydrogens (tertiary/aromatic N) is 2. The number of rotatable bonds is 5. The van der Waals surface area contributed by atoms with Crippen molar-refractivity contribution in [2.45, 2.75) is 25.7 Å². The lowest BCUT2D eigenvalue weighted by Crippen LogP contribution is -2.48. The maximum atomic E-state index is 14.1. The molecule has 1 fully saturated rings. The molecule has 0 unspecified atom stereocenters. The number of amides is 1. The van der Waals surface area contributed by atoms with Crippen LogP contribution in [-0.2, 0) is 16.0 Å². The van der Waals surface area contributed by atoms with Crippen molar-refractivity contribution in [2.75, 3.05) is 29.9 Å². The van der Waals surface area contributed by atoms with E-state index in [-0.39, 0.29) is 62.8 Å². The molecule has 0 radical (unpaired) electrons. The Hall–Kier alpha value is -3.30. The summed E-state index contributed by atoms with van der Waals surface area (Å²) in [7, 11) is 0. The van der Waals surface area contributed by atoms with Crippen LogP contribution < -0.4 is 15.0 Å². The van der Waals surface area contributed by atoms with Crippen LogP contribution in [0.4, 0.5) is 24.7 Å². The molecule has 1 saturated heterocycles. The molecule has 7 nitrogen and oxygen atoms in total. The quantitative estimate of drug-likeness (QED) is 0.750. The van der Waals surface area contributed by atoms with Crippen molar-refractivity contribution in [3.05, 3.63) is 47.4 Å². The van der Waals surface area contributed by atoms with Gasteiger partial charge >= 0.3 is 5.97 Å². The predicted octanol–water partition coefficient (Wildman–Crippen LogP) is 3.13. The fourth-order valence-electron chi connectivity index (χ4n) is 3.98. The number of hydrogen-bond donors (Lipinski definition) is 2. The number of carboxylic acids is 1. The first-order valence-electron chi connectivity index (χ1n) is 9.82. The van der Waals surface area contributed by atoms with E-state index in [1.807, 2.05) is 0 Å². The first-order valence-corrected chi connectivity index (χ1v) is 9.82. The first kappa shape index (κ1) is 21.0. The molecule has 0 saturated carbocycles. The van der Waals surface area contributed by atoms with Gasteiger partial charge in [-0.25, -0.2) is 18.2 Å². The second-order valence-electron chi connectivity index (χ2n) is 7.77. The molecule has 0 atom stereocenters. The Labute approximate surface area is 175 Å². The van der Waals surface area contributed by atoms with Crippen LogP contribution in [0.5, 0.6) is 5.75 Å². The van der Waals surface area contributed by atoms with Gasteiger partial charge in [-0.15, -0.1) is 0 Å². The summed E-state index contributed by atoms with van der Waals surface area (Å²) in [5, 5.41) is 12.4. The fraction of sp³-hybridized carbons (Fsp3) is 0.381. The molecule has 0 spiro atoms. The van der Waals surface area contributed by atoms with Crippen LogP contribution in [0.3, 0.4) is 0 Å². The average Bonchev–Trinajstić information content (AvgIpc) is 2.74. The van der Waals surface area contributed by atoms with Gasteiger partial charge in [0.05, 0.1) is 11.9 Å². The zero-order chi connectivity index (χ0) is 22.2. The minimum atomic E-state index is -1.23. The molecule has 0 aliphatic carbocycles. The summed E-state index contributed by atoms with van der Waals surface area (Å²) in [6.07, 6.45) is 1.69. The second-order valence-corrected chi connectivity index (χ2v) is 7.77. The molecule has 2 aliphatic heterocycles. The van der Waals surface area contributed by atoms with Crippen molar-refractivity contribution in [3.8, 4) is 5.75 Å². The number of nitrogens with one attached hydrogen (secondary N) is 1. The van der Waals surface area contributed by atoms with E-state index in [9.17, 15) is 27.9 Å². The van der Waals surface area contributed by atoms with Crippen molar-refractivity contribution < 1.29 is 32.6 Å². The Morgan fingerprint density at radius 1 is 1.19 bits per heavy atom. The molecule has 10 heteroatoms. The third-order valence-electron chi connectivity index (χ3n) is 5.85. The van der Waals surface area contributed by atoms with Gasteiger partial charge in [0.1, 0.15) is 29.4 Å². The number of piperidine rings is 1. The van der Waals surface area contributed by atoms with Crippen LogP contribution in [-0.4, -0.2) is 41.7 Å². The van der Waals surface area contributed by atoms with Crippen molar-refractivity contribution in [1.82, 2.24) is 4.98 Å². The number of aliphatic carboxylic acids is 1. The molecule has 2 N–H and O–H groups in total. The number of pyridine rings is 1. The summed E-state index contributed by atoms with van der Waals surface area (Å²) in [6, 6.07) is 3.33. The Morgan fingerprint density at radius 3 is 2.61 bits per heavy atom. The molecule has 1 aromatic heterocycles. The smallest absolute Gasteiger partial charge is 0.313 e. The van der Waals surface area contributed by atoms with Gasteiger partial charge < -0.3 is 20.1 Å². The minimum Gasteiger partial charge on any atom is -0.492 e. The Morgan fingerprint density at radius 2 is 1.94 bits per heavy atom. The maximum absolute atomic E-state index is 14.1. The number of aromatic nitrogens is 1. The third kappa shape index (κ3) is 4.01. The zero-order valence-electron chi connectivity index (χ0n) is 16.5. The highest BCUT2D eigenvalue weighted by atomic mass is 19.1. The number of carbonyl (C=O) groups excluding carboxylic acids is 1. The number of fused-ring (bicyclic) bond motifs is 1. The summed E-state index contributed by atoms with van der Waals surface area (Å²) in [6.45, 7) is 0.229. The van der Waals surface area contributed by atoms with E-state index >= 15 is 0 Å². The number of hydrogen-bond acceptors (Lipinski definition) is 5. The van der Waals surface area contributed by atoms with Gasteiger partial charge in [-0.05, 0) is 31.4 Å². The summed E-state index contributed by atoms with van der Waals surface area (Å²) in [4.78, 5) is 29.0. The van der Waals surface area contributed by atoms with Gasteiger partial charge in [0.15, 0.2) is 11.6 Å². The van der Waals surface area contributed by atoms with Crippen LogP contribution in [0.2, 0.25) is 0 Å². The molecule has 0 bridgehead atoms. The summed E-state index contributed by atoms with van der Waals surface area (Å²) in [5.41, 5.74) is -0.674. The molecule has 1 amide bonds. The molecule has 1 aromatic carbocycles. The van der Waals surface area contributed by atoms with Gasteiger partial charge in [0.25, 0.3) is 0 Å². The van der Waals surface area contributed by atoms with Crippen molar-refractivity contribution >= 4 is 23.4 Å². The number of benzene rings is 1. The summed E-state index contributed by atoms with van der Waals surface area (Å²) < 4.78 is 47.0. The molecule has 164 valence electrons. The standard InChI is InChI=1S/C21H20F3N3O4/c22-12-9-15(24)19(25-10-12)27-7-5-21(6-8-27,20(29)30)11-31-16-3-2-14(23)18-13(16)1-4-17(28)26-18/h2-3,9-10H,1,4-8,11H2,(H,26,28)(H,29,30). The number of ether oxygens (including phenoxy) is 1. The molecular formula is C21H20F3N3O4. The zero-order valence-corrected chi connectivity index (χ0v) is 16.5. The van der Waals surface area contributed by atoms with Gasteiger partial charge in [0.2, 0.25) is 5.91 Å².